The van der Waals surface area contributed by atoms with Crippen LogP contribution in [0.15, 0.2) is 23.1 Å². The van der Waals surface area contributed by atoms with Crippen molar-refractivity contribution in [3.8, 4) is 0 Å². The Morgan fingerprint density at radius 2 is 1.91 bits per heavy atom. The molecule has 0 saturated carbocycles. The summed E-state index contributed by atoms with van der Waals surface area (Å²) >= 11 is 0. The Kier molecular flexibility index (Phi) is 4.78. The molecule has 1 saturated heterocycles. The molecule has 122 valence electrons. The largest absolute Gasteiger partial charge is 0.369 e. The number of benzene rings is 1. The Labute approximate surface area is 127 Å². The summed E-state index contributed by atoms with van der Waals surface area (Å²) in [5.41, 5.74) is 5.29. The number of primary amides is 1. The fourth-order valence-corrected chi connectivity index (χ4v) is 3.82. The first-order valence-corrected chi connectivity index (χ1v) is 8.09. The van der Waals surface area contributed by atoms with E-state index in [-0.39, 0.29) is 18.0 Å². The third-order valence-electron chi connectivity index (χ3n) is 3.62. The Bertz CT molecular complexity index is 681. The second kappa shape index (κ2) is 6.27. The highest BCUT2D eigenvalue weighted by Crippen LogP contribution is 2.21. The number of carbonyl (C=O) groups is 1. The third kappa shape index (κ3) is 3.42. The molecule has 6 nitrogen and oxygen atoms in total. The average Bonchev–Trinajstić information content (AvgIpc) is 2.64. The van der Waals surface area contributed by atoms with Gasteiger partial charge in [-0.2, -0.15) is 4.31 Å². The molecule has 0 aromatic heterocycles. The lowest BCUT2D eigenvalue weighted by atomic mass is 10.1. The van der Waals surface area contributed by atoms with Gasteiger partial charge in [0.1, 0.15) is 0 Å². The van der Waals surface area contributed by atoms with Crippen LogP contribution in [0.3, 0.4) is 0 Å². The van der Waals surface area contributed by atoms with Crippen molar-refractivity contribution in [2.24, 2.45) is 11.7 Å². The second-order valence-electron chi connectivity index (χ2n) is 5.30. The summed E-state index contributed by atoms with van der Waals surface area (Å²) in [6.45, 7) is 0.814. The Morgan fingerprint density at radius 1 is 1.23 bits per heavy atom. The molecule has 0 bridgehead atoms. The Balaban J connectivity index is 2.34. The number of rotatable bonds is 3. The molecule has 1 aliphatic heterocycles. The highest BCUT2D eigenvalue weighted by Gasteiger charge is 2.32. The van der Waals surface area contributed by atoms with E-state index in [1.54, 1.807) is 11.9 Å². The van der Waals surface area contributed by atoms with Crippen LogP contribution in [0.4, 0.5) is 8.78 Å². The van der Waals surface area contributed by atoms with E-state index in [0.29, 0.717) is 19.2 Å². The lowest BCUT2D eigenvalue weighted by molar-refractivity contribution is -0.122. The highest BCUT2D eigenvalue weighted by atomic mass is 32.2. The van der Waals surface area contributed by atoms with Crippen LogP contribution in [0.1, 0.15) is 0 Å². The van der Waals surface area contributed by atoms with Gasteiger partial charge in [-0.05, 0) is 25.2 Å². The number of amides is 1. The summed E-state index contributed by atoms with van der Waals surface area (Å²) in [5.74, 6) is -3.61. The molecule has 1 atom stereocenters. The molecule has 9 heteroatoms. The third-order valence-corrected chi connectivity index (χ3v) is 5.48. The number of carbonyl (C=O) groups excluding carboxylic acids is 1. The maximum Gasteiger partial charge on any atom is 0.243 e. The Morgan fingerprint density at radius 3 is 2.50 bits per heavy atom. The van der Waals surface area contributed by atoms with E-state index >= 15 is 0 Å². The van der Waals surface area contributed by atoms with E-state index in [9.17, 15) is 22.0 Å². The first kappa shape index (κ1) is 16.8. The monoisotopic (exact) mass is 333 g/mol. The number of sulfonamides is 1. The van der Waals surface area contributed by atoms with Crippen molar-refractivity contribution in [1.29, 1.82) is 0 Å². The van der Waals surface area contributed by atoms with Crippen molar-refractivity contribution in [2.75, 3.05) is 33.2 Å². The zero-order valence-corrected chi connectivity index (χ0v) is 12.8. The summed E-state index contributed by atoms with van der Waals surface area (Å²) in [7, 11) is -2.27. The molecule has 1 fully saturated rings. The Hall–Kier alpha value is -1.58. The van der Waals surface area contributed by atoms with Gasteiger partial charge in [0.25, 0.3) is 0 Å². The number of hydrogen-bond donors (Lipinski definition) is 1. The van der Waals surface area contributed by atoms with Crippen molar-refractivity contribution in [2.45, 2.75) is 4.90 Å². The minimum Gasteiger partial charge on any atom is -0.369 e. The molecule has 1 heterocycles. The standard InChI is InChI=1S/C13H17F2N3O3S/c1-17-4-5-18(8-9(7-17)13(16)19)22(20,21)10-2-3-11(14)12(15)6-10/h2-3,6,9H,4-5,7-8H2,1H3,(H2,16,19)/t9-/m0/s1. The first-order chi connectivity index (χ1) is 10.2. The normalized spacial score (nSPS) is 21.5. The molecule has 2 N–H and O–H groups in total. The van der Waals surface area contributed by atoms with E-state index < -0.39 is 33.5 Å². The van der Waals surface area contributed by atoms with Crippen molar-refractivity contribution in [3.05, 3.63) is 29.8 Å². The zero-order valence-electron chi connectivity index (χ0n) is 12.0. The minimum absolute atomic E-state index is 0.0823. The van der Waals surface area contributed by atoms with E-state index in [1.807, 2.05) is 0 Å². The van der Waals surface area contributed by atoms with Gasteiger partial charge >= 0.3 is 0 Å². The molecular weight excluding hydrogens is 316 g/mol. The van der Waals surface area contributed by atoms with Crippen LogP contribution in [-0.4, -0.2) is 56.8 Å². The van der Waals surface area contributed by atoms with Gasteiger partial charge in [0.2, 0.25) is 15.9 Å². The molecule has 1 aromatic rings. The molecule has 22 heavy (non-hydrogen) atoms. The molecule has 0 unspecified atom stereocenters. The SMILES string of the molecule is CN1CCN(S(=O)(=O)c2ccc(F)c(F)c2)C[C@@H](C(N)=O)C1. The number of hydrogen-bond acceptors (Lipinski definition) is 4. The fourth-order valence-electron chi connectivity index (χ4n) is 2.33. The number of likely N-dealkylation sites (N-methyl/N-ethyl adjacent to an activating group) is 1. The van der Waals surface area contributed by atoms with Crippen LogP contribution in [0.25, 0.3) is 0 Å². The number of nitrogens with two attached hydrogens (primary N) is 1. The highest BCUT2D eigenvalue weighted by molar-refractivity contribution is 7.89. The van der Waals surface area contributed by atoms with Gasteiger partial charge in [0, 0.05) is 26.2 Å². The van der Waals surface area contributed by atoms with Crippen LogP contribution < -0.4 is 5.73 Å². The van der Waals surface area contributed by atoms with Crippen LogP contribution in [-0.2, 0) is 14.8 Å². The quantitative estimate of drug-likeness (QED) is 0.844. The maximum atomic E-state index is 13.3. The summed E-state index contributed by atoms with van der Waals surface area (Å²) in [6.07, 6.45) is 0. The van der Waals surface area contributed by atoms with Crippen molar-refractivity contribution < 1.29 is 22.0 Å². The molecule has 1 aromatic carbocycles. The molecule has 2 rings (SSSR count). The molecular formula is C13H17F2N3O3S. The summed E-state index contributed by atoms with van der Waals surface area (Å²) in [5, 5.41) is 0. The van der Waals surface area contributed by atoms with Crippen LogP contribution in [0, 0.1) is 17.6 Å². The lowest BCUT2D eigenvalue weighted by Gasteiger charge is -2.22. The zero-order chi connectivity index (χ0) is 16.5. The smallest absolute Gasteiger partial charge is 0.243 e. The van der Waals surface area contributed by atoms with Gasteiger partial charge in [0.05, 0.1) is 10.8 Å². The van der Waals surface area contributed by atoms with E-state index in [4.69, 9.17) is 5.73 Å². The van der Waals surface area contributed by atoms with Gasteiger partial charge in [-0.1, -0.05) is 0 Å². The molecule has 1 aliphatic rings. The lowest BCUT2D eigenvalue weighted by Crippen LogP contribution is -2.40. The summed E-state index contributed by atoms with van der Waals surface area (Å²) < 4.78 is 52.4. The number of nitrogens with zero attached hydrogens (tertiary/aromatic N) is 2. The maximum absolute atomic E-state index is 13.3. The van der Waals surface area contributed by atoms with Crippen LogP contribution in [0.5, 0.6) is 0 Å². The predicted octanol–water partition coefficient (Wildman–Crippen LogP) is 0.00240. The molecule has 0 spiro atoms. The van der Waals surface area contributed by atoms with Crippen LogP contribution >= 0.6 is 0 Å². The van der Waals surface area contributed by atoms with E-state index in [0.717, 1.165) is 16.4 Å². The van der Waals surface area contributed by atoms with Gasteiger partial charge in [-0.3, -0.25) is 4.79 Å². The van der Waals surface area contributed by atoms with E-state index in [2.05, 4.69) is 0 Å². The molecule has 0 radical (unpaired) electrons. The second-order valence-corrected chi connectivity index (χ2v) is 7.24. The first-order valence-electron chi connectivity index (χ1n) is 6.65. The van der Waals surface area contributed by atoms with Gasteiger partial charge in [-0.25, -0.2) is 17.2 Å². The van der Waals surface area contributed by atoms with Gasteiger partial charge < -0.3 is 10.6 Å². The van der Waals surface area contributed by atoms with Crippen molar-refractivity contribution in [3.63, 3.8) is 0 Å². The van der Waals surface area contributed by atoms with Crippen LogP contribution in [0.2, 0.25) is 0 Å². The minimum atomic E-state index is -4.02. The molecule has 0 aliphatic carbocycles. The average molecular weight is 333 g/mol. The van der Waals surface area contributed by atoms with E-state index in [1.165, 1.54) is 0 Å². The topological polar surface area (TPSA) is 83.7 Å². The van der Waals surface area contributed by atoms with Crippen molar-refractivity contribution >= 4 is 15.9 Å². The predicted molar refractivity (Wildman–Crippen MR) is 75.3 cm³/mol. The summed E-state index contributed by atoms with van der Waals surface area (Å²) in [4.78, 5) is 12.9. The number of halogens is 2. The fraction of sp³-hybridized carbons (Fsp3) is 0.462. The van der Waals surface area contributed by atoms with Gasteiger partial charge in [-0.15, -0.1) is 0 Å². The van der Waals surface area contributed by atoms with Crippen molar-refractivity contribution in [1.82, 2.24) is 9.21 Å². The summed E-state index contributed by atoms with van der Waals surface area (Å²) in [6, 6.07) is 2.40. The molecule has 1 amide bonds. The van der Waals surface area contributed by atoms with Gasteiger partial charge in [0.15, 0.2) is 11.6 Å².